The first-order valence-corrected chi connectivity index (χ1v) is 11.0. The van der Waals surface area contributed by atoms with E-state index in [1.54, 1.807) is 14.0 Å². The van der Waals surface area contributed by atoms with Crippen LogP contribution in [0.25, 0.3) is 0 Å². The van der Waals surface area contributed by atoms with Crippen LogP contribution in [0.15, 0.2) is 18.2 Å². The lowest BCUT2D eigenvalue weighted by molar-refractivity contribution is -0.00000996. The molecule has 4 rings (SSSR count). The van der Waals surface area contributed by atoms with E-state index in [1.807, 2.05) is 10.4 Å². The Labute approximate surface area is 163 Å². The Kier molecular flexibility index (Phi) is 5.87. The molecule has 7 heteroatoms. The van der Waals surface area contributed by atoms with Crippen molar-refractivity contribution in [3.05, 3.63) is 29.3 Å². The number of sulfonamides is 1. The van der Waals surface area contributed by atoms with Gasteiger partial charge in [0.1, 0.15) is 5.75 Å². The van der Waals surface area contributed by atoms with Crippen molar-refractivity contribution in [2.45, 2.75) is 44.7 Å². The number of fused-ring (bicyclic) bond motifs is 4. The molecule has 0 amide bonds. The van der Waals surface area contributed by atoms with Gasteiger partial charge >= 0.3 is 0 Å². The number of halogens is 1. The normalized spacial score (nSPS) is 29.1. The summed E-state index contributed by atoms with van der Waals surface area (Å²) < 4.78 is 32.4. The van der Waals surface area contributed by atoms with Gasteiger partial charge in [0.2, 0.25) is 10.0 Å². The molecule has 0 N–H and O–H groups in total. The van der Waals surface area contributed by atoms with Crippen molar-refractivity contribution < 1.29 is 25.6 Å². The van der Waals surface area contributed by atoms with Crippen LogP contribution in [0.5, 0.6) is 5.75 Å². The number of benzene rings is 1. The zero-order valence-corrected chi connectivity index (χ0v) is 17.1. The Balaban J connectivity index is 0.00000196. The number of hydrogen-bond acceptors (Lipinski definition) is 4. The Morgan fingerprint density at radius 3 is 2.81 bits per heavy atom. The molecule has 2 fully saturated rings. The van der Waals surface area contributed by atoms with E-state index in [2.05, 4.69) is 17.0 Å². The fraction of sp³-hybridized carbons (Fsp3) is 0.684. The number of methoxy groups -OCH3 is 1. The summed E-state index contributed by atoms with van der Waals surface area (Å²) in [7, 11) is -1.42. The van der Waals surface area contributed by atoms with Gasteiger partial charge in [-0.3, -0.25) is 4.90 Å². The van der Waals surface area contributed by atoms with Crippen molar-refractivity contribution in [2.24, 2.45) is 5.92 Å². The summed E-state index contributed by atoms with van der Waals surface area (Å²) in [6, 6.07) is 6.87. The van der Waals surface area contributed by atoms with Crippen molar-refractivity contribution in [1.29, 1.82) is 0 Å². The molecule has 0 radical (unpaired) electrons. The average molecular weight is 400 g/mol. The minimum absolute atomic E-state index is 0. The third-order valence-corrected chi connectivity index (χ3v) is 8.24. The molecule has 0 spiro atoms. The van der Waals surface area contributed by atoms with Crippen LogP contribution < -0.4 is 17.1 Å². The van der Waals surface area contributed by atoms with Crippen LogP contribution in [-0.4, -0.2) is 56.2 Å². The largest absolute Gasteiger partial charge is 1.00 e. The fourth-order valence-corrected chi connectivity index (χ4v) is 6.44. The summed E-state index contributed by atoms with van der Waals surface area (Å²) in [4.78, 5) is 2.58. The summed E-state index contributed by atoms with van der Waals surface area (Å²) in [6.45, 7) is 4.54. The van der Waals surface area contributed by atoms with Crippen molar-refractivity contribution in [1.82, 2.24) is 9.21 Å². The molecule has 2 saturated heterocycles. The van der Waals surface area contributed by atoms with Crippen LogP contribution in [0, 0.1) is 5.92 Å². The molecule has 26 heavy (non-hydrogen) atoms. The van der Waals surface area contributed by atoms with Gasteiger partial charge in [-0.1, -0.05) is 6.07 Å². The highest BCUT2D eigenvalue weighted by molar-refractivity contribution is 7.89. The zero-order chi connectivity index (χ0) is 17.6. The van der Waals surface area contributed by atoms with E-state index in [9.17, 15) is 8.42 Å². The molecule has 3 aliphatic rings. The standard InChI is InChI=1S/C19H28N2O3S.ClH/c1-3-25(22,23)21-9-4-5-15-13-20-10-8-14-11-16(24-2)6-7-17(14)19(20)12-18(15)21;/h6-7,11,15,18-19H,3-5,8-10,12-13H2,1-2H3;1H/p-1/t15-,18+,19+;/m1./s1. The van der Waals surface area contributed by atoms with Gasteiger partial charge in [-0.05, 0) is 61.8 Å². The molecule has 5 nitrogen and oxygen atoms in total. The molecule has 0 aromatic heterocycles. The number of ether oxygens (including phenoxy) is 1. The maximum Gasteiger partial charge on any atom is 0.214 e. The van der Waals surface area contributed by atoms with E-state index in [4.69, 9.17) is 4.74 Å². The third kappa shape index (κ3) is 3.37. The number of piperidine rings is 2. The van der Waals surface area contributed by atoms with Gasteiger partial charge in [-0.2, -0.15) is 4.31 Å². The van der Waals surface area contributed by atoms with Gasteiger partial charge < -0.3 is 17.1 Å². The van der Waals surface area contributed by atoms with Crippen molar-refractivity contribution in [2.75, 3.05) is 32.5 Å². The van der Waals surface area contributed by atoms with E-state index >= 15 is 0 Å². The van der Waals surface area contributed by atoms with Crippen LogP contribution >= 0.6 is 0 Å². The molecule has 0 saturated carbocycles. The first-order valence-electron chi connectivity index (χ1n) is 9.44. The van der Waals surface area contributed by atoms with Crippen LogP contribution in [0.4, 0.5) is 0 Å². The first-order chi connectivity index (χ1) is 12.0. The predicted octanol–water partition coefficient (Wildman–Crippen LogP) is -0.568. The monoisotopic (exact) mass is 399 g/mol. The molecule has 3 atom stereocenters. The van der Waals surface area contributed by atoms with Crippen LogP contribution in [-0.2, 0) is 16.4 Å². The molecule has 3 aliphatic heterocycles. The zero-order valence-electron chi connectivity index (χ0n) is 15.5. The van der Waals surface area contributed by atoms with Crippen molar-refractivity contribution >= 4 is 10.0 Å². The molecule has 146 valence electrons. The molecule has 1 aromatic carbocycles. The molecule has 0 aliphatic carbocycles. The Bertz CT molecular complexity index is 755. The highest BCUT2D eigenvalue weighted by Gasteiger charge is 2.45. The lowest BCUT2D eigenvalue weighted by atomic mass is 9.77. The summed E-state index contributed by atoms with van der Waals surface area (Å²) in [6.07, 6.45) is 4.12. The van der Waals surface area contributed by atoms with Crippen LogP contribution in [0.3, 0.4) is 0 Å². The molecular formula is C19H28ClN2O3S-. The number of hydrogen-bond donors (Lipinski definition) is 0. The summed E-state index contributed by atoms with van der Waals surface area (Å²) in [5, 5.41) is 0. The average Bonchev–Trinajstić information content (AvgIpc) is 2.65. The maximum absolute atomic E-state index is 12.6. The fourth-order valence-electron chi connectivity index (χ4n) is 5.03. The summed E-state index contributed by atoms with van der Waals surface area (Å²) >= 11 is 0. The van der Waals surface area contributed by atoms with E-state index in [-0.39, 0.29) is 24.2 Å². The minimum Gasteiger partial charge on any atom is -1.00 e. The lowest BCUT2D eigenvalue weighted by Crippen LogP contribution is -3.00. The van der Waals surface area contributed by atoms with Crippen LogP contribution in [0.1, 0.15) is 43.4 Å². The highest BCUT2D eigenvalue weighted by atomic mass is 35.5. The smallest absolute Gasteiger partial charge is 0.214 e. The highest BCUT2D eigenvalue weighted by Crippen LogP contribution is 2.44. The lowest BCUT2D eigenvalue weighted by Gasteiger charge is -2.51. The third-order valence-electron chi connectivity index (χ3n) is 6.34. The van der Waals surface area contributed by atoms with Gasteiger partial charge in [-0.15, -0.1) is 0 Å². The Morgan fingerprint density at radius 1 is 1.27 bits per heavy atom. The van der Waals surface area contributed by atoms with Gasteiger partial charge in [0.25, 0.3) is 0 Å². The van der Waals surface area contributed by atoms with Crippen molar-refractivity contribution in [3.8, 4) is 5.75 Å². The number of rotatable bonds is 3. The quantitative estimate of drug-likeness (QED) is 0.683. The molecule has 0 bridgehead atoms. The minimum atomic E-state index is -3.12. The van der Waals surface area contributed by atoms with Gasteiger partial charge in [0.05, 0.1) is 12.9 Å². The Morgan fingerprint density at radius 2 is 2.08 bits per heavy atom. The number of nitrogens with zero attached hydrogens (tertiary/aromatic N) is 2. The predicted molar refractivity (Wildman–Crippen MR) is 98.3 cm³/mol. The second kappa shape index (κ2) is 7.66. The van der Waals surface area contributed by atoms with E-state index in [1.165, 1.54) is 11.1 Å². The molecular weight excluding hydrogens is 372 g/mol. The van der Waals surface area contributed by atoms with E-state index in [0.717, 1.165) is 44.5 Å². The molecule has 3 heterocycles. The molecule has 0 unspecified atom stereocenters. The van der Waals surface area contributed by atoms with Gasteiger partial charge in [-0.25, -0.2) is 8.42 Å². The van der Waals surface area contributed by atoms with E-state index in [0.29, 0.717) is 18.5 Å². The first kappa shape index (κ1) is 19.9. The topological polar surface area (TPSA) is 49.9 Å². The van der Waals surface area contributed by atoms with Crippen molar-refractivity contribution in [3.63, 3.8) is 0 Å². The van der Waals surface area contributed by atoms with Gasteiger partial charge in [0.15, 0.2) is 0 Å². The SMILES string of the molecule is CCS(=O)(=O)N1CCC[C@@H]2CN3CCc4cc(OC)ccc4[C@@H]3C[C@@H]21.[Cl-]. The summed E-state index contributed by atoms with van der Waals surface area (Å²) in [5.74, 6) is 1.60. The summed E-state index contributed by atoms with van der Waals surface area (Å²) in [5.41, 5.74) is 2.73. The van der Waals surface area contributed by atoms with Gasteiger partial charge in [0, 0.05) is 31.7 Å². The Hall–Kier alpha value is -0.820. The maximum atomic E-state index is 12.6. The second-order valence-corrected chi connectivity index (χ2v) is 9.75. The second-order valence-electron chi connectivity index (χ2n) is 7.54. The van der Waals surface area contributed by atoms with Crippen LogP contribution in [0.2, 0.25) is 0 Å². The van der Waals surface area contributed by atoms with E-state index < -0.39 is 10.0 Å². The molecule has 1 aromatic rings.